The van der Waals surface area contributed by atoms with Gasteiger partial charge in [0.1, 0.15) is 0 Å². The van der Waals surface area contributed by atoms with Crippen LogP contribution in [0.5, 0.6) is 11.5 Å². The van der Waals surface area contributed by atoms with Gasteiger partial charge in [-0.2, -0.15) is 5.10 Å². The van der Waals surface area contributed by atoms with Crippen molar-refractivity contribution in [3.05, 3.63) is 23.8 Å². The highest BCUT2D eigenvalue weighted by molar-refractivity contribution is 7.80. The molecule has 22 heavy (non-hydrogen) atoms. The molecule has 2 N–H and O–H groups in total. The van der Waals surface area contributed by atoms with Gasteiger partial charge in [-0.15, -0.1) is 0 Å². The smallest absolute Gasteiger partial charge is 0.186 e. The van der Waals surface area contributed by atoms with E-state index in [1.807, 2.05) is 25.1 Å². The Morgan fingerprint density at radius 3 is 2.55 bits per heavy atom. The molecule has 0 heterocycles. The second kappa shape index (κ2) is 10.00. The maximum absolute atomic E-state index is 5.29. The summed E-state index contributed by atoms with van der Waals surface area (Å²) < 4.78 is 10.5. The molecule has 0 bridgehead atoms. The van der Waals surface area contributed by atoms with Crippen molar-refractivity contribution in [2.75, 3.05) is 20.8 Å². The molecular formula is C16H25N3O2S. The van der Waals surface area contributed by atoms with Gasteiger partial charge in [0.05, 0.1) is 19.9 Å². The largest absolute Gasteiger partial charge is 0.493 e. The summed E-state index contributed by atoms with van der Waals surface area (Å²) >= 11 is 5.19. The fourth-order valence-corrected chi connectivity index (χ4v) is 2.02. The third kappa shape index (κ3) is 5.89. The van der Waals surface area contributed by atoms with E-state index in [1.54, 1.807) is 14.2 Å². The Labute approximate surface area is 138 Å². The highest BCUT2D eigenvalue weighted by atomic mass is 32.1. The van der Waals surface area contributed by atoms with Crippen molar-refractivity contribution < 1.29 is 9.47 Å². The van der Waals surface area contributed by atoms with Gasteiger partial charge in [-0.05, 0) is 43.8 Å². The lowest BCUT2D eigenvalue weighted by Gasteiger charge is -2.10. The minimum atomic E-state index is 0.538. The van der Waals surface area contributed by atoms with Crippen LogP contribution >= 0.6 is 12.2 Å². The summed E-state index contributed by atoms with van der Waals surface area (Å²) in [6.45, 7) is 4.95. The van der Waals surface area contributed by atoms with Crippen LogP contribution in [0.25, 0.3) is 0 Å². The topological polar surface area (TPSA) is 54.9 Å². The Bertz CT molecular complexity index is 518. The van der Waals surface area contributed by atoms with E-state index in [9.17, 15) is 0 Å². The molecule has 122 valence electrons. The van der Waals surface area contributed by atoms with Crippen LogP contribution in [0.3, 0.4) is 0 Å². The lowest BCUT2D eigenvalue weighted by atomic mass is 10.1. The van der Waals surface area contributed by atoms with Gasteiger partial charge in [-0.25, -0.2) is 0 Å². The third-order valence-electron chi connectivity index (χ3n) is 3.19. The van der Waals surface area contributed by atoms with E-state index in [-0.39, 0.29) is 0 Å². The van der Waals surface area contributed by atoms with E-state index in [0.29, 0.717) is 16.6 Å². The van der Waals surface area contributed by atoms with Crippen LogP contribution < -0.4 is 20.2 Å². The number of hydrogen-bond donors (Lipinski definition) is 2. The molecule has 0 aromatic heterocycles. The summed E-state index contributed by atoms with van der Waals surface area (Å²) in [6, 6.07) is 5.67. The monoisotopic (exact) mass is 323 g/mol. The first kappa shape index (κ1) is 18.2. The summed E-state index contributed by atoms with van der Waals surface area (Å²) in [5.41, 5.74) is 4.62. The standard InChI is InChI=1S/C16H25N3O2S/c1-5-6-7-10-17-16(22)19-18-12(2)13-8-9-14(20-3)15(11-13)21-4/h8-9,11H,5-7,10H2,1-4H3,(H2,17,19,22)/b18-12-. The molecule has 0 amide bonds. The maximum Gasteiger partial charge on any atom is 0.186 e. The Balaban J connectivity index is 2.59. The van der Waals surface area contributed by atoms with Gasteiger partial charge >= 0.3 is 0 Å². The van der Waals surface area contributed by atoms with Crippen molar-refractivity contribution in [2.45, 2.75) is 33.1 Å². The second-order valence-electron chi connectivity index (χ2n) is 4.84. The predicted molar refractivity (Wildman–Crippen MR) is 95.0 cm³/mol. The van der Waals surface area contributed by atoms with Gasteiger partial charge in [0.2, 0.25) is 0 Å². The molecule has 6 heteroatoms. The molecule has 0 unspecified atom stereocenters. The third-order valence-corrected chi connectivity index (χ3v) is 3.43. The quantitative estimate of drug-likeness (QED) is 0.333. The summed E-state index contributed by atoms with van der Waals surface area (Å²) in [5.74, 6) is 1.37. The van der Waals surface area contributed by atoms with E-state index in [1.165, 1.54) is 12.8 Å². The molecule has 0 atom stereocenters. The van der Waals surface area contributed by atoms with Crippen molar-refractivity contribution in [3.8, 4) is 11.5 Å². The minimum absolute atomic E-state index is 0.538. The van der Waals surface area contributed by atoms with Crippen LogP contribution in [-0.2, 0) is 0 Å². The average molecular weight is 323 g/mol. The van der Waals surface area contributed by atoms with E-state index >= 15 is 0 Å². The lowest BCUT2D eigenvalue weighted by molar-refractivity contribution is 0.355. The van der Waals surface area contributed by atoms with E-state index in [4.69, 9.17) is 21.7 Å². The number of rotatable bonds is 8. The average Bonchev–Trinajstić information content (AvgIpc) is 2.55. The molecule has 5 nitrogen and oxygen atoms in total. The number of nitrogens with one attached hydrogen (secondary N) is 2. The molecule has 0 aliphatic carbocycles. The molecule has 0 aliphatic heterocycles. The predicted octanol–water partition coefficient (Wildman–Crippen LogP) is 3.08. The fourth-order valence-electron chi connectivity index (χ4n) is 1.88. The molecule has 1 aromatic carbocycles. The first-order valence-electron chi connectivity index (χ1n) is 7.42. The first-order chi connectivity index (χ1) is 10.6. The molecule has 0 spiro atoms. The maximum atomic E-state index is 5.29. The number of methoxy groups -OCH3 is 2. The molecule has 1 rings (SSSR count). The number of hydrazone groups is 1. The molecule has 0 saturated heterocycles. The zero-order valence-electron chi connectivity index (χ0n) is 13.7. The number of ether oxygens (including phenoxy) is 2. The van der Waals surface area contributed by atoms with Crippen molar-refractivity contribution in [1.29, 1.82) is 0 Å². The second-order valence-corrected chi connectivity index (χ2v) is 5.25. The van der Waals surface area contributed by atoms with E-state index < -0.39 is 0 Å². The van der Waals surface area contributed by atoms with Gasteiger partial charge in [-0.3, -0.25) is 5.43 Å². The summed E-state index contributed by atoms with van der Waals surface area (Å²) in [7, 11) is 3.23. The van der Waals surface area contributed by atoms with Crippen molar-refractivity contribution in [2.24, 2.45) is 5.10 Å². The van der Waals surface area contributed by atoms with Crippen LogP contribution in [0, 0.1) is 0 Å². The minimum Gasteiger partial charge on any atom is -0.493 e. The number of unbranched alkanes of at least 4 members (excludes halogenated alkanes) is 2. The Hall–Kier alpha value is -1.82. The normalized spacial score (nSPS) is 11.0. The molecule has 0 fully saturated rings. The summed E-state index contributed by atoms with van der Waals surface area (Å²) in [5, 5.41) is 7.96. The number of thiocarbonyl (C=S) groups is 1. The Morgan fingerprint density at radius 1 is 1.18 bits per heavy atom. The number of benzene rings is 1. The van der Waals surface area contributed by atoms with Gasteiger partial charge in [0.25, 0.3) is 0 Å². The fraction of sp³-hybridized carbons (Fsp3) is 0.500. The van der Waals surface area contributed by atoms with Crippen molar-refractivity contribution in [1.82, 2.24) is 10.7 Å². The molecule has 0 aliphatic rings. The first-order valence-corrected chi connectivity index (χ1v) is 7.83. The Morgan fingerprint density at radius 2 is 1.91 bits per heavy atom. The van der Waals surface area contributed by atoms with Crippen molar-refractivity contribution >= 4 is 23.0 Å². The zero-order valence-corrected chi connectivity index (χ0v) is 14.5. The number of nitrogens with zero attached hydrogens (tertiary/aromatic N) is 1. The molecule has 0 radical (unpaired) electrons. The SMILES string of the molecule is CCCCCNC(=S)N/N=C(/C)c1ccc(OC)c(OC)c1. The molecular weight excluding hydrogens is 298 g/mol. The molecule has 1 aromatic rings. The van der Waals surface area contributed by atoms with Crippen LogP contribution in [0.4, 0.5) is 0 Å². The van der Waals surface area contributed by atoms with Crippen LogP contribution in [0.2, 0.25) is 0 Å². The van der Waals surface area contributed by atoms with Gasteiger partial charge < -0.3 is 14.8 Å². The Kier molecular flexibility index (Phi) is 8.28. The highest BCUT2D eigenvalue weighted by Crippen LogP contribution is 2.27. The van der Waals surface area contributed by atoms with Gasteiger partial charge in [0, 0.05) is 12.1 Å². The highest BCUT2D eigenvalue weighted by Gasteiger charge is 2.06. The van der Waals surface area contributed by atoms with Gasteiger partial charge in [0.15, 0.2) is 16.6 Å². The lowest BCUT2D eigenvalue weighted by Crippen LogP contribution is -2.33. The van der Waals surface area contributed by atoms with Crippen LogP contribution in [0.15, 0.2) is 23.3 Å². The van der Waals surface area contributed by atoms with Gasteiger partial charge in [-0.1, -0.05) is 19.8 Å². The van der Waals surface area contributed by atoms with Crippen molar-refractivity contribution in [3.63, 3.8) is 0 Å². The van der Waals surface area contributed by atoms with Crippen LogP contribution in [-0.4, -0.2) is 31.6 Å². The zero-order chi connectivity index (χ0) is 16.4. The van der Waals surface area contributed by atoms with Crippen LogP contribution in [0.1, 0.15) is 38.7 Å². The van der Waals surface area contributed by atoms with E-state index in [2.05, 4.69) is 22.8 Å². The molecule has 0 saturated carbocycles. The summed E-state index contributed by atoms with van der Waals surface area (Å²) in [4.78, 5) is 0. The summed E-state index contributed by atoms with van der Waals surface area (Å²) in [6.07, 6.45) is 3.50. The van der Waals surface area contributed by atoms with E-state index in [0.717, 1.165) is 24.2 Å². The number of hydrogen-bond acceptors (Lipinski definition) is 4.